The topological polar surface area (TPSA) is 75.4 Å². The number of nitrogens with zero attached hydrogens (tertiary/aromatic N) is 1. The van der Waals surface area contributed by atoms with Gasteiger partial charge in [-0.05, 0) is 37.5 Å². The predicted molar refractivity (Wildman–Crippen MR) is 69.3 cm³/mol. The summed E-state index contributed by atoms with van der Waals surface area (Å²) in [5.41, 5.74) is 0.798. The molecular weight excluding hydrogens is 252 g/mol. The Bertz CT molecular complexity index is 534. The largest absolute Gasteiger partial charge is 0.478 e. The van der Waals surface area contributed by atoms with Gasteiger partial charge >= 0.3 is 5.97 Å². The molecule has 0 aliphatic rings. The van der Waals surface area contributed by atoms with E-state index in [2.05, 4.69) is 9.69 Å². The number of nitrogens with one attached hydrogen (secondary N) is 1. The molecule has 2 N–H and O–H groups in total. The van der Waals surface area contributed by atoms with E-state index in [1.807, 2.05) is 19.1 Å². The summed E-state index contributed by atoms with van der Waals surface area (Å²) < 4.78 is 9.32. The fourth-order valence-electron chi connectivity index (χ4n) is 1.73. The Morgan fingerprint density at radius 2 is 2.44 bits per heavy atom. The van der Waals surface area contributed by atoms with E-state index in [9.17, 15) is 4.79 Å². The Morgan fingerprint density at radius 1 is 1.67 bits per heavy atom. The summed E-state index contributed by atoms with van der Waals surface area (Å²) in [6.45, 7) is 3.67. The maximum atomic E-state index is 11.1. The fourth-order valence-corrected chi connectivity index (χ4v) is 2.63. The van der Waals surface area contributed by atoms with E-state index in [0.717, 1.165) is 5.76 Å². The Morgan fingerprint density at radius 3 is 3.06 bits per heavy atom. The number of hydrogen-bond donors (Lipinski definition) is 2. The number of carboxylic acid groups (broad SMARTS) is 1. The molecule has 0 saturated carbocycles. The number of furan rings is 1. The van der Waals surface area contributed by atoms with Gasteiger partial charge in [0.2, 0.25) is 0 Å². The van der Waals surface area contributed by atoms with Crippen molar-refractivity contribution in [3.05, 3.63) is 35.4 Å². The lowest BCUT2D eigenvalue weighted by Gasteiger charge is -2.12. The van der Waals surface area contributed by atoms with Gasteiger partial charge in [-0.2, -0.15) is 4.37 Å². The van der Waals surface area contributed by atoms with Crippen molar-refractivity contribution < 1.29 is 14.3 Å². The molecule has 2 rings (SSSR count). The molecule has 2 aromatic rings. The number of aryl methyl sites for hydroxylation is 1. The lowest BCUT2D eigenvalue weighted by molar-refractivity contribution is 0.0697. The van der Waals surface area contributed by atoms with Gasteiger partial charge in [-0.1, -0.05) is 0 Å². The summed E-state index contributed by atoms with van der Waals surface area (Å²) >= 11 is 1.17. The van der Waals surface area contributed by atoms with Crippen molar-refractivity contribution in [2.75, 3.05) is 5.32 Å². The van der Waals surface area contributed by atoms with E-state index in [0.29, 0.717) is 17.1 Å². The van der Waals surface area contributed by atoms with Crippen molar-refractivity contribution in [1.82, 2.24) is 4.37 Å². The summed E-state index contributed by atoms with van der Waals surface area (Å²) in [5.74, 6) is -0.0814. The SMILES string of the molecule is Cc1nsc(NC(C)Cc2ccco2)c1C(=O)O. The highest BCUT2D eigenvalue weighted by atomic mass is 32.1. The van der Waals surface area contributed by atoms with Crippen molar-refractivity contribution >= 4 is 22.5 Å². The summed E-state index contributed by atoms with van der Waals surface area (Å²) in [7, 11) is 0. The molecule has 1 unspecified atom stereocenters. The number of rotatable bonds is 5. The second-order valence-corrected chi connectivity index (χ2v) is 4.88. The van der Waals surface area contributed by atoms with E-state index in [1.54, 1.807) is 13.2 Å². The van der Waals surface area contributed by atoms with Crippen LogP contribution in [0.3, 0.4) is 0 Å². The van der Waals surface area contributed by atoms with Crippen LogP contribution in [0, 0.1) is 6.92 Å². The first-order valence-corrected chi connectivity index (χ1v) is 6.33. The Labute approximate surface area is 109 Å². The molecule has 0 fully saturated rings. The lowest BCUT2D eigenvalue weighted by atomic mass is 10.2. The van der Waals surface area contributed by atoms with Gasteiger partial charge < -0.3 is 14.8 Å². The molecule has 5 nitrogen and oxygen atoms in total. The van der Waals surface area contributed by atoms with Crippen LogP contribution in [-0.4, -0.2) is 21.5 Å². The fraction of sp³-hybridized carbons (Fsp3) is 0.333. The average molecular weight is 266 g/mol. The van der Waals surface area contributed by atoms with Gasteiger partial charge in [0.05, 0.1) is 12.0 Å². The molecule has 0 amide bonds. The molecule has 2 heterocycles. The Hall–Kier alpha value is -1.82. The summed E-state index contributed by atoms with van der Waals surface area (Å²) in [6.07, 6.45) is 2.32. The van der Waals surface area contributed by atoms with Crippen LogP contribution in [0.15, 0.2) is 22.8 Å². The van der Waals surface area contributed by atoms with Crippen LogP contribution in [0.2, 0.25) is 0 Å². The van der Waals surface area contributed by atoms with Gasteiger partial charge in [0.1, 0.15) is 16.3 Å². The highest BCUT2D eigenvalue weighted by Crippen LogP contribution is 2.25. The Balaban J connectivity index is 2.07. The molecule has 0 aromatic carbocycles. The van der Waals surface area contributed by atoms with Crippen molar-refractivity contribution in [2.45, 2.75) is 26.3 Å². The molecule has 0 aliphatic carbocycles. The van der Waals surface area contributed by atoms with Crippen LogP contribution in [0.25, 0.3) is 0 Å². The highest BCUT2D eigenvalue weighted by molar-refractivity contribution is 7.10. The van der Waals surface area contributed by atoms with E-state index >= 15 is 0 Å². The molecule has 2 aromatic heterocycles. The first kappa shape index (κ1) is 12.6. The second kappa shape index (κ2) is 5.22. The zero-order chi connectivity index (χ0) is 13.1. The third kappa shape index (κ3) is 2.70. The molecule has 0 saturated heterocycles. The van der Waals surface area contributed by atoms with Crippen LogP contribution in [0.1, 0.15) is 28.7 Å². The van der Waals surface area contributed by atoms with Crippen molar-refractivity contribution in [3.8, 4) is 0 Å². The van der Waals surface area contributed by atoms with Gasteiger partial charge in [0.15, 0.2) is 0 Å². The zero-order valence-electron chi connectivity index (χ0n) is 10.1. The maximum absolute atomic E-state index is 11.1. The zero-order valence-corrected chi connectivity index (χ0v) is 11.0. The number of anilines is 1. The van der Waals surface area contributed by atoms with Crippen LogP contribution in [0.5, 0.6) is 0 Å². The minimum atomic E-state index is -0.950. The van der Waals surface area contributed by atoms with Crippen LogP contribution in [0.4, 0.5) is 5.00 Å². The van der Waals surface area contributed by atoms with E-state index in [1.165, 1.54) is 11.5 Å². The molecule has 6 heteroatoms. The molecule has 0 radical (unpaired) electrons. The number of aromatic carboxylic acids is 1. The average Bonchev–Trinajstić information content (AvgIpc) is 2.88. The number of carboxylic acids is 1. The van der Waals surface area contributed by atoms with E-state index < -0.39 is 5.97 Å². The lowest BCUT2D eigenvalue weighted by Crippen LogP contribution is -2.18. The minimum Gasteiger partial charge on any atom is -0.478 e. The molecule has 0 aliphatic heterocycles. The van der Waals surface area contributed by atoms with Crippen LogP contribution < -0.4 is 5.32 Å². The van der Waals surface area contributed by atoms with Gasteiger partial charge in [-0.25, -0.2) is 4.79 Å². The van der Waals surface area contributed by atoms with Gasteiger partial charge in [-0.3, -0.25) is 0 Å². The van der Waals surface area contributed by atoms with Crippen molar-refractivity contribution in [1.29, 1.82) is 0 Å². The van der Waals surface area contributed by atoms with Gasteiger partial charge in [0, 0.05) is 12.5 Å². The van der Waals surface area contributed by atoms with E-state index in [-0.39, 0.29) is 11.6 Å². The predicted octanol–water partition coefficient (Wildman–Crippen LogP) is 2.79. The standard InChI is InChI=1S/C12H14N2O3S/c1-7(6-9-4-3-5-17-9)13-11-10(12(15)16)8(2)14-18-11/h3-5,7,13H,6H2,1-2H3,(H,15,16). The minimum absolute atomic E-state index is 0.0779. The quantitative estimate of drug-likeness (QED) is 0.870. The number of carbonyl (C=O) groups is 1. The molecule has 18 heavy (non-hydrogen) atoms. The first-order chi connectivity index (χ1) is 8.58. The normalized spacial score (nSPS) is 12.3. The van der Waals surface area contributed by atoms with Crippen molar-refractivity contribution in [2.24, 2.45) is 0 Å². The monoisotopic (exact) mass is 266 g/mol. The summed E-state index contributed by atoms with van der Waals surface area (Å²) in [5, 5.41) is 12.9. The maximum Gasteiger partial charge on any atom is 0.340 e. The number of hydrogen-bond acceptors (Lipinski definition) is 5. The van der Waals surface area contributed by atoms with Crippen LogP contribution in [-0.2, 0) is 6.42 Å². The second-order valence-electron chi connectivity index (χ2n) is 4.11. The Kier molecular flexibility index (Phi) is 3.66. The molecular formula is C12H14N2O3S. The van der Waals surface area contributed by atoms with E-state index in [4.69, 9.17) is 9.52 Å². The van der Waals surface area contributed by atoms with Crippen molar-refractivity contribution in [3.63, 3.8) is 0 Å². The highest BCUT2D eigenvalue weighted by Gasteiger charge is 2.19. The molecule has 0 bridgehead atoms. The molecule has 1 atom stereocenters. The summed E-state index contributed by atoms with van der Waals surface area (Å²) in [4.78, 5) is 11.1. The molecule has 96 valence electrons. The number of aromatic nitrogens is 1. The third-order valence-corrected chi connectivity index (χ3v) is 3.41. The summed E-state index contributed by atoms with van der Waals surface area (Å²) in [6, 6.07) is 3.81. The first-order valence-electron chi connectivity index (χ1n) is 5.56. The van der Waals surface area contributed by atoms with Gasteiger partial charge in [0.25, 0.3) is 0 Å². The molecule has 0 spiro atoms. The van der Waals surface area contributed by atoms with Crippen LogP contribution >= 0.6 is 11.5 Å². The van der Waals surface area contributed by atoms with Gasteiger partial charge in [-0.15, -0.1) is 0 Å². The third-order valence-electron chi connectivity index (χ3n) is 2.54. The smallest absolute Gasteiger partial charge is 0.340 e.